The second-order valence-electron chi connectivity index (χ2n) is 5.07. The molecule has 0 aliphatic heterocycles. The first kappa shape index (κ1) is 11.4. The molecule has 2 rings (SSSR count). The molecule has 0 N–H and O–H groups in total. The van der Waals surface area contributed by atoms with Gasteiger partial charge in [0.25, 0.3) is 0 Å². The summed E-state index contributed by atoms with van der Waals surface area (Å²) in [7, 11) is 0. The molecule has 0 amide bonds. The SMILES string of the molecule is Cc1nc(Cl)c(C#N)c2c1C(C)(C)CCC2. The Morgan fingerprint density at radius 1 is 1.44 bits per heavy atom. The molecule has 0 fully saturated rings. The van der Waals surface area contributed by atoms with Crippen LogP contribution >= 0.6 is 11.6 Å². The van der Waals surface area contributed by atoms with Gasteiger partial charge in [0.05, 0.1) is 5.56 Å². The Morgan fingerprint density at radius 3 is 2.75 bits per heavy atom. The van der Waals surface area contributed by atoms with Crippen molar-refractivity contribution in [1.82, 2.24) is 4.98 Å². The number of pyridine rings is 1. The predicted octanol–water partition coefficient (Wildman–Crippen LogP) is 3.53. The molecule has 0 bridgehead atoms. The van der Waals surface area contributed by atoms with Crippen molar-refractivity contribution in [2.75, 3.05) is 0 Å². The molecule has 0 radical (unpaired) electrons. The first-order valence-electron chi connectivity index (χ1n) is 5.57. The van der Waals surface area contributed by atoms with Crippen molar-refractivity contribution in [1.29, 1.82) is 5.26 Å². The molecule has 1 aromatic heterocycles. The minimum absolute atomic E-state index is 0.112. The van der Waals surface area contributed by atoms with Crippen LogP contribution in [0, 0.1) is 18.3 Å². The van der Waals surface area contributed by atoms with Crippen molar-refractivity contribution < 1.29 is 0 Å². The van der Waals surface area contributed by atoms with E-state index in [0.29, 0.717) is 10.7 Å². The summed E-state index contributed by atoms with van der Waals surface area (Å²) in [6, 6.07) is 2.19. The van der Waals surface area contributed by atoms with Gasteiger partial charge in [-0.1, -0.05) is 25.4 Å². The number of fused-ring (bicyclic) bond motifs is 1. The number of nitriles is 1. The van der Waals surface area contributed by atoms with E-state index in [1.807, 2.05) is 6.92 Å². The van der Waals surface area contributed by atoms with Gasteiger partial charge in [-0.05, 0) is 42.7 Å². The summed E-state index contributed by atoms with van der Waals surface area (Å²) in [5, 5.41) is 9.52. The van der Waals surface area contributed by atoms with Crippen LogP contribution in [0.1, 0.15) is 49.1 Å². The number of aryl methyl sites for hydroxylation is 1. The van der Waals surface area contributed by atoms with Crippen LogP contribution in [-0.4, -0.2) is 4.98 Å². The summed E-state index contributed by atoms with van der Waals surface area (Å²) in [5.74, 6) is 0. The number of nitrogens with zero attached hydrogens (tertiary/aromatic N) is 2. The molecular weight excluding hydrogens is 220 g/mol. The number of halogens is 1. The summed E-state index contributed by atoms with van der Waals surface area (Å²) in [6.45, 7) is 6.42. The molecule has 0 saturated heterocycles. The summed E-state index contributed by atoms with van der Waals surface area (Å²) >= 11 is 6.03. The fourth-order valence-corrected chi connectivity index (χ4v) is 3.10. The topological polar surface area (TPSA) is 36.7 Å². The Hall–Kier alpha value is -1.07. The number of hydrogen-bond donors (Lipinski definition) is 0. The van der Waals surface area contributed by atoms with Crippen LogP contribution < -0.4 is 0 Å². The van der Waals surface area contributed by atoms with E-state index in [0.717, 1.165) is 30.5 Å². The number of hydrogen-bond acceptors (Lipinski definition) is 2. The van der Waals surface area contributed by atoms with Crippen LogP contribution in [0.3, 0.4) is 0 Å². The molecular formula is C13H15ClN2. The molecule has 2 nitrogen and oxygen atoms in total. The Labute approximate surface area is 101 Å². The highest BCUT2D eigenvalue weighted by Crippen LogP contribution is 2.40. The number of aromatic nitrogens is 1. The van der Waals surface area contributed by atoms with Gasteiger partial charge in [0.15, 0.2) is 0 Å². The Morgan fingerprint density at radius 2 is 2.12 bits per heavy atom. The lowest BCUT2D eigenvalue weighted by molar-refractivity contribution is 0.427. The zero-order chi connectivity index (χ0) is 11.9. The molecule has 0 saturated carbocycles. The van der Waals surface area contributed by atoms with Gasteiger partial charge in [-0.3, -0.25) is 0 Å². The Kier molecular flexibility index (Phi) is 2.67. The van der Waals surface area contributed by atoms with E-state index < -0.39 is 0 Å². The standard InChI is InChI=1S/C13H15ClN2/c1-8-11-9(5-4-6-13(11,2)3)10(7-15)12(14)16-8/h4-6H2,1-3H3. The Bertz CT molecular complexity index is 484. The zero-order valence-corrected chi connectivity index (χ0v) is 10.6. The van der Waals surface area contributed by atoms with E-state index in [9.17, 15) is 0 Å². The van der Waals surface area contributed by atoms with Gasteiger partial charge in [0.1, 0.15) is 11.2 Å². The van der Waals surface area contributed by atoms with Crippen LogP contribution in [0.25, 0.3) is 0 Å². The third-order valence-electron chi connectivity index (χ3n) is 3.45. The fraction of sp³-hybridized carbons (Fsp3) is 0.538. The van der Waals surface area contributed by atoms with Crippen molar-refractivity contribution in [3.05, 3.63) is 27.5 Å². The minimum atomic E-state index is 0.112. The van der Waals surface area contributed by atoms with Gasteiger partial charge in [0.2, 0.25) is 0 Å². The van der Waals surface area contributed by atoms with Crippen molar-refractivity contribution in [2.24, 2.45) is 0 Å². The fourth-order valence-electron chi connectivity index (χ4n) is 2.82. The summed E-state index contributed by atoms with van der Waals surface area (Å²) < 4.78 is 0. The van der Waals surface area contributed by atoms with Crippen LogP contribution in [0.2, 0.25) is 5.15 Å². The molecule has 84 valence electrons. The average Bonchev–Trinajstić information content (AvgIpc) is 2.16. The maximum Gasteiger partial charge on any atom is 0.147 e. The highest BCUT2D eigenvalue weighted by Gasteiger charge is 2.32. The lowest BCUT2D eigenvalue weighted by atomic mass is 9.71. The second kappa shape index (κ2) is 3.75. The molecule has 16 heavy (non-hydrogen) atoms. The van der Waals surface area contributed by atoms with Crippen molar-refractivity contribution in [2.45, 2.75) is 45.4 Å². The van der Waals surface area contributed by atoms with Crippen LogP contribution in [0.4, 0.5) is 0 Å². The van der Waals surface area contributed by atoms with Crippen LogP contribution in [0.5, 0.6) is 0 Å². The first-order valence-corrected chi connectivity index (χ1v) is 5.94. The van der Waals surface area contributed by atoms with Gasteiger partial charge < -0.3 is 0 Å². The first-order chi connectivity index (χ1) is 7.47. The second-order valence-corrected chi connectivity index (χ2v) is 5.42. The molecule has 1 heterocycles. The van der Waals surface area contributed by atoms with E-state index in [1.165, 1.54) is 5.56 Å². The smallest absolute Gasteiger partial charge is 0.147 e. The van der Waals surface area contributed by atoms with E-state index >= 15 is 0 Å². The molecule has 1 aliphatic rings. The van der Waals surface area contributed by atoms with Crippen LogP contribution in [0.15, 0.2) is 0 Å². The summed E-state index contributed by atoms with van der Waals surface area (Å²) in [5.41, 5.74) is 4.02. The normalized spacial score (nSPS) is 17.7. The van der Waals surface area contributed by atoms with Gasteiger partial charge in [-0.15, -0.1) is 0 Å². The molecule has 0 spiro atoms. The third-order valence-corrected chi connectivity index (χ3v) is 3.73. The van der Waals surface area contributed by atoms with E-state index in [4.69, 9.17) is 16.9 Å². The zero-order valence-electron chi connectivity index (χ0n) is 9.89. The average molecular weight is 235 g/mol. The van der Waals surface area contributed by atoms with Crippen LogP contribution in [-0.2, 0) is 11.8 Å². The molecule has 0 atom stereocenters. The van der Waals surface area contributed by atoms with Crippen molar-refractivity contribution >= 4 is 11.6 Å². The van der Waals surface area contributed by atoms with E-state index in [2.05, 4.69) is 24.9 Å². The highest BCUT2D eigenvalue weighted by molar-refractivity contribution is 6.30. The van der Waals surface area contributed by atoms with Crippen molar-refractivity contribution in [3.8, 4) is 6.07 Å². The maximum atomic E-state index is 9.16. The molecule has 1 aromatic rings. The molecule has 0 unspecified atom stereocenters. The van der Waals surface area contributed by atoms with Gasteiger partial charge in [-0.25, -0.2) is 4.98 Å². The maximum absolute atomic E-state index is 9.16. The highest BCUT2D eigenvalue weighted by atomic mass is 35.5. The van der Waals surface area contributed by atoms with Gasteiger partial charge in [0, 0.05) is 5.69 Å². The molecule has 3 heteroatoms. The molecule has 0 aromatic carbocycles. The monoisotopic (exact) mass is 234 g/mol. The lowest BCUT2D eigenvalue weighted by Crippen LogP contribution is -2.26. The largest absolute Gasteiger partial charge is 0.240 e. The van der Waals surface area contributed by atoms with E-state index in [1.54, 1.807) is 0 Å². The summed E-state index contributed by atoms with van der Waals surface area (Å²) in [4.78, 5) is 4.30. The predicted molar refractivity (Wildman–Crippen MR) is 64.7 cm³/mol. The minimum Gasteiger partial charge on any atom is -0.240 e. The van der Waals surface area contributed by atoms with Gasteiger partial charge in [-0.2, -0.15) is 5.26 Å². The number of rotatable bonds is 0. The third kappa shape index (κ3) is 1.60. The quantitative estimate of drug-likeness (QED) is 0.644. The lowest BCUT2D eigenvalue weighted by Gasteiger charge is -2.34. The molecule has 1 aliphatic carbocycles. The Balaban J connectivity index is 2.78. The van der Waals surface area contributed by atoms with Gasteiger partial charge >= 0.3 is 0 Å². The van der Waals surface area contributed by atoms with E-state index in [-0.39, 0.29) is 5.41 Å². The summed E-state index contributed by atoms with van der Waals surface area (Å²) in [6.07, 6.45) is 3.22. The van der Waals surface area contributed by atoms with Crippen molar-refractivity contribution in [3.63, 3.8) is 0 Å².